The van der Waals surface area contributed by atoms with Gasteiger partial charge in [0.05, 0.1) is 18.6 Å². The minimum Gasteiger partial charge on any atom is -0.492 e. The van der Waals surface area contributed by atoms with Crippen molar-refractivity contribution in [1.82, 2.24) is 0 Å². The van der Waals surface area contributed by atoms with Crippen LogP contribution in [0.4, 0.5) is 0 Å². The van der Waals surface area contributed by atoms with Gasteiger partial charge in [-0.1, -0.05) is 35.9 Å². The topological polar surface area (TPSA) is 61.2 Å². The molecule has 5 rings (SSSR count). The van der Waals surface area contributed by atoms with Crippen LogP contribution in [0.3, 0.4) is 0 Å². The fraction of sp³-hybridized carbons (Fsp3) is 0.208. The lowest BCUT2D eigenvalue weighted by Crippen LogP contribution is -2.09. The second kappa shape index (κ2) is 8.01. The van der Waals surface area contributed by atoms with Gasteiger partial charge < -0.3 is 18.6 Å². The predicted octanol–water partition coefficient (Wildman–Crippen LogP) is 5.00. The van der Waals surface area contributed by atoms with Gasteiger partial charge in [-0.15, -0.1) is 0 Å². The van der Waals surface area contributed by atoms with Crippen molar-refractivity contribution in [3.63, 3.8) is 0 Å². The number of benzene rings is 3. The number of ether oxygens (including phenoxy) is 3. The van der Waals surface area contributed by atoms with Crippen molar-refractivity contribution in [2.45, 2.75) is 12.5 Å². The number of para-hydroxylation sites is 1. The van der Waals surface area contributed by atoms with E-state index in [9.17, 15) is 4.79 Å². The molecule has 30 heavy (non-hydrogen) atoms. The number of rotatable bonds is 7. The zero-order chi connectivity index (χ0) is 20.5. The van der Waals surface area contributed by atoms with E-state index in [1.807, 2.05) is 36.4 Å². The molecule has 0 aliphatic carbocycles. The monoisotopic (exact) mass is 422 g/mol. The van der Waals surface area contributed by atoms with Crippen molar-refractivity contribution in [3.05, 3.63) is 81.5 Å². The van der Waals surface area contributed by atoms with Crippen molar-refractivity contribution < 1.29 is 18.6 Å². The van der Waals surface area contributed by atoms with Gasteiger partial charge in [-0.3, -0.25) is 4.79 Å². The van der Waals surface area contributed by atoms with Crippen molar-refractivity contribution >= 4 is 33.5 Å². The Labute approximate surface area is 177 Å². The van der Waals surface area contributed by atoms with E-state index in [1.165, 1.54) is 0 Å². The van der Waals surface area contributed by atoms with Crippen LogP contribution in [0.1, 0.15) is 5.56 Å². The molecule has 152 valence electrons. The fourth-order valence-corrected chi connectivity index (χ4v) is 3.47. The fourth-order valence-electron chi connectivity index (χ4n) is 3.35. The SMILES string of the molecule is O=c1c2ccccc2oc2cc(OCC3CO3)cc(OCCc3ccc(Cl)cc3)c12. The Morgan fingerprint density at radius 1 is 1.00 bits per heavy atom. The maximum atomic E-state index is 13.2. The molecule has 0 spiro atoms. The largest absolute Gasteiger partial charge is 0.492 e. The third kappa shape index (κ3) is 3.99. The van der Waals surface area contributed by atoms with Crippen LogP contribution in [-0.2, 0) is 11.2 Å². The summed E-state index contributed by atoms with van der Waals surface area (Å²) in [5.74, 6) is 1.03. The minimum atomic E-state index is -0.120. The van der Waals surface area contributed by atoms with Gasteiger partial charge in [0.15, 0.2) is 0 Å². The number of fused-ring (bicyclic) bond motifs is 2. The molecule has 0 N–H and O–H groups in total. The zero-order valence-corrected chi connectivity index (χ0v) is 16.9. The van der Waals surface area contributed by atoms with Gasteiger partial charge >= 0.3 is 0 Å². The molecule has 0 saturated carbocycles. The van der Waals surface area contributed by atoms with E-state index in [2.05, 4.69) is 0 Å². The van der Waals surface area contributed by atoms with Gasteiger partial charge in [-0.05, 0) is 29.8 Å². The van der Waals surface area contributed by atoms with Gasteiger partial charge in [-0.25, -0.2) is 0 Å². The summed E-state index contributed by atoms with van der Waals surface area (Å²) < 4.78 is 23.1. The zero-order valence-electron chi connectivity index (χ0n) is 16.1. The van der Waals surface area contributed by atoms with E-state index in [0.717, 1.165) is 5.56 Å². The molecule has 2 heterocycles. The molecule has 6 heteroatoms. The van der Waals surface area contributed by atoms with Crippen molar-refractivity contribution in [1.29, 1.82) is 0 Å². The first-order valence-electron chi connectivity index (χ1n) is 9.78. The standard InChI is InChI=1S/C24H19ClO5/c25-16-7-5-15(6-8-16)9-10-27-21-11-17(28-13-18-14-29-18)12-22-23(21)24(26)19-3-1-2-4-20(19)30-22/h1-8,11-12,18H,9-10,13-14H2. The minimum absolute atomic E-state index is 0.120. The Morgan fingerprint density at radius 2 is 1.80 bits per heavy atom. The highest BCUT2D eigenvalue weighted by Crippen LogP contribution is 2.32. The maximum Gasteiger partial charge on any atom is 0.204 e. The summed E-state index contributed by atoms with van der Waals surface area (Å²) in [6.45, 7) is 1.56. The molecule has 4 aromatic rings. The molecular weight excluding hydrogens is 404 g/mol. The van der Waals surface area contributed by atoms with Crippen LogP contribution in [0.15, 0.2) is 69.9 Å². The number of halogens is 1. The van der Waals surface area contributed by atoms with Crippen molar-refractivity contribution in [3.8, 4) is 11.5 Å². The highest BCUT2D eigenvalue weighted by Gasteiger charge is 2.23. The van der Waals surface area contributed by atoms with Crippen LogP contribution in [-0.4, -0.2) is 25.9 Å². The first kappa shape index (κ1) is 19.0. The molecule has 1 aliphatic rings. The molecule has 0 radical (unpaired) electrons. The normalized spacial score (nSPS) is 15.4. The molecule has 5 nitrogen and oxygen atoms in total. The van der Waals surface area contributed by atoms with E-state index in [-0.39, 0.29) is 11.5 Å². The summed E-state index contributed by atoms with van der Waals surface area (Å²) in [7, 11) is 0. The summed E-state index contributed by atoms with van der Waals surface area (Å²) in [5, 5.41) is 1.63. The Hall–Kier alpha value is -3.02. The van der Waals surface area contributed by atoms with E-state index >= 15 is 0 Å². The van der Waals surface area contributed by atoms with Crippen LogP contribution < -0.4 is 14.9 Å². The lowest BCUT2D eigenvalue weighted by Gasteiger charge is -2.12. The first-order valence-corrected chi connectivity index (χ1v) is 10.2. The van der Waals surface area contributed by atoms with Gasteiger partial charge in [-0.2, -0.15) is 0 Å². The summed E-state index contributed by atoms with van der Waals surface area (Å²) in [6, 6.07) is 18.3. The summed E-state index contributed by atoms with van der Waals surface area (Å²) in [6.07, 6.45) is 0.803. The first-order chi connectivity index (χ1) is 14.7. The summed E-state index contributed by atoms with van der Waals surface area (Å²) >= 11 is 5.95. The molecular formula is C24H19ClO5. The Morgan fingerprint density at radius 3 is 2.60 bits per heavy atom. The molecule has 1 aliphatic heterocycles. The highest BCUT2D eigenvalue weighted by molar-refractivity contribution is 6.30. The lowest BCUT2D eigenvalue weighted by molar-refractivity contribution is 0.261. The van der Waals surface area contributed by atoms with E-state index < -0.39 is 0 Å². The van der Waals surface area contributed by atoms with Crippen LogP contribution in [0.25, 0.3) is 21.9 Å². The maximum absolute atomic E-state index is 13.2. The van der Waals surface area contributed by atoms with Gasteiger partial charge in [0.25, 0.3) is 0 Å². The molecule has 0 bridgehead atoms. The van der Waals surface area contributed by atoms with E-state index in [4.69, 9.17) is 30.2 Å². The quantitative estimate of drug-likeness (QED) is 0.310. The Bertz CT molecular complexity index is 1260. The van der Waals surface area contributed by atoms with Crippen LogP contribution in [0.2, 0.25) is 5.02 Å². The van der Waals surface area contributed by atoms with E-state index in [1.54, 1.807) is 24.3 Å². The molecule has 1 fully saturated rings. The molecule has 1 saturated heterocycles. The predicted molar refractivity (Wildman–Crippen MR) is 116 cm³/mol. The average Bonchev–Trinajstić information content (AvgIpc) is 3.58. The lowest BCUT2D eigenvalue weighted by atomic mass is 10.1. The van der Waals surface area contributed by atoms with Crippen LogP contribution in [0.5, 0.6) is 11.5 Å². The molecule has 1 atom stereocenters. The van der Waals surface area contributed by atoms with Crippen LogP contribution >= 0.6 is 11.6 Å². The van der Waals surface area contributed by atoms with Crippen molar-refractivity contribution in [2.75, 3.05) is 19.8 Å². The third-order valence-corrected chi connectivity index (χ3v) is 5.27. The van der Waals surface area contributed by atoms with E-state index in [0.29, 0.717) is 64.7 Å². The van der Waals surface area contributed by atoms with Crippen molar-refractivity contribution in [2.24, 2.45) is 0 Å². The second-order valence-electron chi connectivity index (χ2n) is 7.21. The summed E-state index contributed by atoms with van der Waals surface area (Å²) in [4.78, 5) is 13.2. The van der Waals surface area contributed by atoms with Crippen LogP contribution in [0, 0.1) is 0 Å². The second-order valence-corrected chi connectivity index (χ2v) is 7.65. The highest BCUT2D eigenvalue weighted by atomic mass is 35.5. The molecule has 1 unspecified atom stereocenters. The number of hydrogen-bond donors (Lipinski definition) is 0. The van der Waals surface area contributed by atoms with Gasteiger partial charge in [0, 0.05) is 23.6 Å². The smallest absolute Gasteiger partial charge is 0.204 e. The number of hydrogen-bond acceptors (Lipinski definition) is 5. The Balaban J connectivity index is 1.50. The number of epoxide rings is 1. The van der Waals surface area contributed by atoms with Gasteiger partial charge in [0.1, 0.15) is 40.8 Å². The average molecular weight is 423 g/mol. The molecule has 1 aromatic heterocycles. The Kier molecular flexibility index (Phi) is 5.07. The van der Waals surface area contributed by atoms with Gasteiger partial charge in [0.2, 0.25) is 5.43 Å². The molecule has 3 aromatic carbocycles. The summed E-state index contributed by atoms with van der Waals surface area (Å²) in [5.41, 5.74) is 1.95. The molecule has 0 amide bonds. The third-order valence-electron chi connectivity index (χ3n) is 5.02.